The highest BCUT2D eigenvalue weighted by Gasteiger charge is 2.58. The van der Waals surface area contributed by atoms with Crippen LogP contribution in [0.4, 0.5) is 0 Å². The van der Waals surface area contributed by atoms with Crippen LogP contribution in [0.1, 0.15) is 90.4 Å². The van der Waals surface area contributed by atoms with Crippen LogP contribution in [-0.2, 0) is 14.3 Å². The van der Waals surface area contributed by atoms with Crippen LogP contribution in [0.2, 0.25) is 0 Å². The SMILES string of the molecule is COC1(O[C@@H]2CC[C@@H]3[C@@H]4CCC5=CC(=O)CC[C@@H]5[C@@H]4CC[C@]32C)CCCCC1. The molecule has 3 heteroatoms. The summed E-state index contributed by atoms with van der Waals surface area (Å²) < 4.78 is 12.9. The smallest absolute Gasteiger partial charge is 0.168 e. The number of hydrogen-bond donors (Lipinski definition) is 0. The molecule has 6 atom stereocenters. The monoisotopic (exact) mass is 386 g/mol. The molecule has 0 heterocycles. The summed E-state index contributed by atoms with van der Waals surface area (Å²) >= 11 is 0. The maximum Gasteiger partial charge on any atom is 0.168 e. The van der Waals surface area contributed by atoms with Gasteiger partial charge in [-0.3, -0.25) is 4.79 Å². The standard InChI is InChI=1S/C25H38O3/c1-24-15-12-20-19-9-7-18(26)16-17(19)6-8-21(20)22(24)10-11-23(24)28-25(27-2)13-4-3-5-14-25/h16,19-23H,3-15H2,1-2H3/t19-,20-,21+,22+,23+,24+/m0/s1. The van der Waals surface area contributed by atoms with Gasteiger partial charge in [0.15, 0.2) is 11.6 Å². The molecule has 0 spiro atoms. The second-order valence-corrected chi connectivity index (χ2v) is 10.7. The van der Waals surface area contributed by atoms with Crippen LogP contribution in [-0.4, -0.2) is 24.8 Å². The van der Waals surface area contributed by atoms with Crippen LogP contribution < -0.4 is 0 Å². The third-order valence-electron chi connectivity index (χ3n) is 9.56. The lowest BCUT2D eigenvalue weighted by atomic mass is 9.52. The third kappa shape index (κ3) is 3.03. The summed E-state index contributed by atoms with van der Waals surface area (Å²) in [5, 5.41) is 0. The molecular formula is C25H38O3. The number of allylic oxidation sites excluding steroid dienone is 1. The van der Waals surface area contributed by atoms with Gasteiger partial charge in [-0.25, -0.2) is 0 Å². The molecule has 156 valence electrons. The largest absolute Gasteiger partial charge is 0.353 e. The molecule has 0 aromatic heterocycles. The zero-order valence-corrected chi connectivity index (χ0v) is 17.9. The van der Waals surface area contributed by atoms with E-state index >= 15 is 0 Å². The fourth-order valence-electron chi connectivity index (χ4n) is 8.05. The van der Waals surface area contributed by atoms with Crippen LogP contribution in [0.25, 0.3) is 0 Å². The first-order valence-corrected chi connectivity index (χ1v) is 12.0. The van der Waals surface area contributed by atoms with Crippen LogP contribution in [0.3, 0.4) is 0 Å². The topological polar surface area (TPSA) is 35.5 Å². The van der Waals surface area contributed by atoms with Crippen molar-refractivity contribution in [3.05, 3.63) is 11.6 Å². The van der Waals surface area contributed by atoms with Gasteiger partial charge >= 0.3 is 0 Å². The van der Waals surface area contributed by atoms with Gasteiger partial charge < -0.3 is 9.47 Å². The Bertz CT molecular complexity index is 646. The van der Waals surface area contributed by atoms with Crippen molar-refractivity contribution in [1.82, 2.24) is 0 Å². The number of ketones is 1. The molecule has 5 aliphatic carbocycles. The zero-order valence-electron chi connectivity index (χ0n) is 17.9. The molecule has 28 heavy (non-hydrogen) atoms. The summed E-state index contributed by atoms with van der Waals surface area (Å²) in [6.45, 7) is 2.54. The quantitative estimate of drug-likeness (QED) is 0.573. The first-order chi connectivity index (χ1) is 13.5. The normalized spacial score (nSPS) is 45.0. The van der Waals surface area contributed by atoms with Crippen LogP contribution in [0.5, 0.6) is 0 Å². The molecule has 0 unspecified atom stereocenters. The molecule has 3 nitrogen and oxygen atoms in total. The lowest BCUT2D eigenvalue weighted by Crippen LogP contribution is -2.50. The predicted molar refractivity (Wildman–Crippen MR) is 110 cm³/mol. The Morgan fingerprint density at radius 2 is 1.75 bits per heavy atom. The number of methoxy groups -OCH3 is 1. The van der Waals surface area contributed by atoms with Crippen molar-refractivity contribution in [2.45, 2.75) is 102 Å². The average Bonchev–Trinajstić information content (AvgIpc) is 3.04. The molecule has 5 rings (SSSR count). The maximum atomic E-state index is 11.9. The fourth-order valence-corrected chi connectivity index (χ4v) is 8.05. The summed E-state index contributed by atoms with van der Waals surface area (Å²) in [6, 6.07) is 0. The first kappa shape index (κ1) is 19.3. The summed E-state index contributed by atoms with van der Waals surface area (Å²) in [5.41, 5.74) is 1.81. The van der Waals surface area contributed by atoms with E-state index in [1.165, 1.54) is 56.9 Å². The first-order valence-electron chi connectivity index (χ1n) is 12.0. The molecule has 0 aromatic carbocycles. The van der Waals surface area contributed by atoms with Crippen molar-refractivity contribution < 1.29 is 14.3 Å². The van der Waals surface area contributed by atoms with Gasteiger partial charge in [0.1, 0.15) is 0 Å². The Labute approximate surface area is 170 Å². The highest BCUT2D eigenvalue weighted by atomic mass is 16.7. The molecule has 0 N–H and O–H groups in total. The minimum absolute atomic E-state index is 0.315. The van der Waals surface area contributed by atoms with E-state index in [4.69, 9.17) is 9.47 Å². The molecule has 0 aromatic rings. The minimum atomic E-state index is -0.316. The highest BCUT2D eigenvalue weighted by Crippen LogP contribution is 2.63. The summed E-state index contributed by atoms with van der Waals surface area (Å²) in [5.74, 6) is 3.21. The molecule has 4 saturated carbocycles. The van der Waals surface area contributed by atoms with Gasteiger partial charge in [-0.15, -0.1) is 0 Å². The number of carbonyl (C=O) groups is 1. The van der Waals surface area contributed by atoms with Crippen LogP contribution in [0.15, 0.2) is 11.6 Å². The number of rotatable bonds is 3. The second-order valence-electron chi connectivity index (χ2n) is 10.7. The fraction of sp³-hybridized carbons (Fsp3) is 0.880. The molecule has 0 radical (unpaired) electrons. The summed E-state index contributed by atoms with van der Waals surface area (Å²) in [4.78, 5) is 11.9. The van der Waals surface area contributed by atoms with Gasteiger partial charge in [0.2, 0.25) is 0 Å². The minimum Gasteiger partial charge on any atom is -0.353 e. The van der Waals surface area contributed by atoms with E-state index in [9.17, 15) is 4.79 Å². The number of fused-ring (bicyclic) bond motifs is 5. The lowest BCUT2D eigenvalue weighted by Gasteiger charge is -2.54. The molecule has 0 aliphatic heterocycles. The zero-order chi connectivity index (χ0) is 19.4. The Kier molecular flexibility index (Phi) is 4.99. The Balaban J connectivity index is 1.34. The Morgan fingerprint density at radius 3 is 2.54 bits per heavy atom. The van der Waals surface area contributed by atoms with Crippen LogP contribution in [0, 0.1) is 29.1 Å². The van der Waals surface area contributed by atoms with E-state index in [0.717, 1.165) is 49.9 Å². The van der Waals surface area contributed by atoms with Gasteiger partial charge in [0.05, 0.1) is 6.10 Å². The molecule has 0 amide bonds. The van der Waals surface area contributed by atoms with Crippen molar-refractivity contribution >= 4 is 5.78 Å². The molecule has 0 saturated heterocycles. The Hall–Kier alpha value is -0.670. The van der Waals surface area contributed by atoms with E-state index in [1.807, 2.05) is 13.2 Å². The van der Waals surface area contributed by atoms with Crippen molar-refractivity contribution in [1.29, 1.82) is 0 Å². The highest BCUT2D eigenvalue weighted by molar-refractivity contribution is 5.91. The van der Waals surface area contributed by atoms with Gasteiger partial charge in [-0.1, -0.05) is 18.9 Å². The van der Waals surface area contributed by atoms with Crippen LogP contribution >= 0.6 is 0 Å². The van der Waals surface area contributed by atoms with Crippen molar-refractivity contribution in [3.63, 3.8) is 0 Å². The van der Waals surface area contributed by atoms with Crippen molar-refractivity contribution in [2.75, 3.05) is 7.11 Å². The summed E-state index contributed by atoms with van der Waals surface area (Å²) in [6.07, 6.45) is 17.8. The number of hydrogen-bond acceptors (Lipinski definition) is 3. The molecule has 5 aliphatic rings. The van der Waals surface area contributed by atoms with E-state index in [2.05, 4.69) is 6.92 Å². The molecule has 0 bridgehead atoms. The maximum absolute atomic E-state index is 11.9. The van der Waals surface area contributed by atoms with Crippen molar-refractivity contribution in [2.24, 2.45) is 29.1 Å². The number of ether oxygens (including phenoxy) is 2. The van der Waals surface area contributed by atoms with Gasteiger partial charge in [-0.2, -0.15) is 0 Å². The van der Waals surface area contributed by atoms with E-state index in [0.29, 0.717) is 23.2 Å². The number of carbonyl (C=O) groups excluding carboxylic acids is 1. The van der Waals surface area contributed by atoms with E-state index < -0.39 is 0 Å². The predicted octanol–water partition coefficient (Wildman–Crippen LogP) is 5.82. The van der Waals surface area contributed by atoms with E-state index in [1.54, 1.807) is 0 Å². The Morgan fingerprint density at radius 1 is 0.929 bits per heavy atom. The molecular weight excluding hydrogens is 348 g/mol. The van der Waals surface area contributed by atoms with Gasteiger partial charge in [0.25, 0.3) is 0 Å². The van der Waals surface area contributed by atoms with E-state index in [-0.39, 0.29) is 5.79 Å². The molecule has 4 fully saturated rings. The second kappa shape index (κ2) is 7.23. The lowest BCUT2D eigenvalue weighted by molar-refractivity contribution is -0.279. The summed E-state index contributed by atoms with van der Waals surface area (Å²) in [7, 11) is 1.86. The van der Waals surface area contributed by atoms with Crippen molar-refractivity contribution in [3.8, 4) is 0 Å². The van der Waals surface area contributed by atoms with Gasteiger partial charge in [-0.05, 0) is 93.0 Å². The average molecular weight is 387 g/mol. The third-order valence-corrected chi connectivity index (χ3v) is 9.56. The van der Waals surface area contributed by atoms with Gasteiger partial charge in [0, 0.05) is 26.4 Å².